The van der Waals surface area contributed by atoms with Crippen molar-refractivity contribution >= 4 is 5.78 Å². The first kappa shape index (κ1) is 12.0. The van der Waals surface area contributed by atoms with E-state index in [0.29, 0.717) is 6.54 Å². The van der Waals surface area contributed by atoms with Gasteiger partial charge in [-0.2, -0.15) is 0 Å². The zero-order valence-corrected chi connectivity index (χ0v) is 9.40. The zero-order valence-electron chi connectivity index (χ0n) is 9.40. The van der Waals surface area contributed by atoms with E-state index in [2.05, 4.69) is 0 Å². The third-order valence-corrected chi connectivity index (χ3v) is 2.94. The molecule has 0 spiro atoms. The van der Waals surface area contributed by atoms with Gasteiger partial charge in [-0.25, -0.2) is 4.39 Å². The summed E-state index contributed by atoms with van der Waals surface area (Å²) in [5.74, 6) is -0.986. The highest BCUT2D eigenvalue weighted by Crippen LogP contribution is 2.19. The van der Waals surface area contributed by atoms with E-state index >= 15 is 0 Å². The second-order valence-corrected chi connectivity index (χ2v) is 4.37. The summed E-state index contributed by atoms with van der Waals surface area (Å²) in [6, 6.07) is 3.48. The van der Waals surface area contributed by atoms with E-state index in [9.17, 15) is 14.3 Å². The number of rotatable bonds is 3. The van der Waals surface area contributed by atoms with Crippen LogP contribution in [0.4, 0.5) is 4.39 Å². The lowest BCUT2D eigenvalue weighted by molar-refractivity contribution is 0.0941. The standard InChI is InChI=1S/C12H15FN2O2/c13-8-1-2-11(16)10(5-8)12(17)7-15-4-3-9(14)6-15/h1-2,5,9,16H,3-4,6-7,14H2. The Kier molecular flexibility index (Phi) is 3.40. The Balaban J connectivity index is 2.06. The van der Waals surface area contributed by atoms with Crippen LogP contribution in [0.2, 0.25) is 0 Å². The molecule has 17 heavy (non-hydrogen) atoms. The van der Waals surface area contributed by atoms with Gasteiger partial charge in [0.05, 0.1) is 12.1 Å². The van der Waals surface area contributed by atoms with Crippen molar-refractivity contribution in [3.8, 4) is 5.75 Å². The number of Topliss-reactive ketones (excluding diaryl/α,β-unsaturated/α-hetero) is 1. The average Bonchev–Trinajstić information content (AvgIpc) is 2.67. The van der Waals surface area contributed by atoms with Gasteiger partial charge < -0.3 is 10.8 Å². The van der Waals surface area contributed by atoms with Crippen LogP contribution in [0.5, 0.6) is 5.75 Å². The third kappa shape index (κ3) is 2.81. The Labute approximate surface area is 98.8 Å². The molecule has 0 amide bonds. The molecule has 1 aromatic carbocycles. The summed E-state index contributed by atoms with van der Waals surface area (Å²) < 4.78 is 13.0. The van der Waals surface area contributed by atoms with Crippen LogP contribution >= 0.6 is 0 Å². The lowest BCUT2D eigenvalue weighted by Crippen LogP contribution is -2.31. The van der Waals surface area contributed by atoms with Crippen LogP contribution in [0.1, 0.15) is 16.8 Å². The third-order valence-electron chi connectivity index (χ3n) is 2.94. The number of nitrogens with zero attached hydrogens (tertiary/aromatic N) is 1. The molecule has 1 atom stereocenters. The highest BCUT2D eigenvalue weighted by atomic mass is 19.1. The summed E-state index contributed by atoms with van der Waals surface area (Å²) >= 11 is 0. The molecule has 1 aromatic rings. The molecule has 1 fully saturated rings. The molecule has 5 heteroatoms. The molecule has 1 aliphatic heterocycles. The predicted molar refractivity (Wildman–Crippen MR) is 61.4 cm³/mol. The second-order valence-electron chi connectivity index (χ2n) is 4.37. The minimum absolute atomic E-state index is 0.0328. The molecule has 92 valence electrons. The smallest absolute Gasteiger partial charge is 0.180 e. The van der Waals surface area contributed by atoms with Gasteiger partial charge >= 0.3 is 0 Å². The first-order valence-corrected chi connectivity index (χ1v) is 5.56. The van der Waals surface area contributed by atoms with Gasteiger partial charge in [-0.05, 0) is 24.6 Å². The lowest BCUT2D eigenvalue weighted by atomic mass is 10.1. The van der Waals surface area contributed by atoms with Gasteiger partial charge in [0.15, 0.2) is 5.78 Å². The normalized spacial score (nSPS) is 20.7. The van der Waals surface area contributed by atoms with Crippen molar-refractivity contribution in [2.45, 2.75) is 12.5 Å². The number of nitrogens with two attached hydrogens (primary N) is 1. The lowest BCUT2D eigenvalue weighted by Gasteiger charge is -2.14. The molecule has 1 aliphatic rings. The number of hydrogen-bond donors (Lipinski definition) is 2. The van der Waals surface area contributed by atoms with Crippen LogP contribution < -0.4 is 5.73 Å². The number of ketones is 1. The predicted octanol–water partition coefficient (Wildman–Crippen LogP) is 0.747. The van der Waals surface area contributed by atoms with E-state index in [1.54, 1.807) is 0 Å². The quantitative estimate of drug-likeness (QED) is 0.762. The maximum absolute atomic E-state index is 13.0. The Bertz CT molecular complexity index is 437. The van der Waals surface area contributed by atoms with Crippen molar-refractivity contribution in [1.29, 1.82) is 0 Å². The number of carbonyl (C=O) groups excluding carboxylic acids is 1. The van der Waals surface area contributed by atoms with E-state index < -0.39 is 5.82 Å². The van der Waals surface area contributed by atoms with Gasteiger partial charge in [0.25, 0.3) is 0 Å². The number of phenolic OH excluding ortho intramolecular Hbond substituents is 1. The molecule has 0 aliphatic carbocycles. The number of carbonyl (C=O) groups is 1. The summed E-state index contributed by atoms with van der Waals surface area (Å²) in [5, 5.41) is 9.50. The molecule has 2 rings (SSSR count). The van der Waals surface area contributed by atoms with Crippen molar-refractivity contribution in [1.82, 2.24) is 4.90 Å². The van der Waals surface area contributed by atoms with Gasteiger partial charge in [-0.3, -0.25) is 9.69 Å². The minimum Gasteiger partial charge on any atom is -0.507 e. The number of phenols is 1. The van der Waals surface area contributed by atoms with Gasteiger partial charge in [0, 0.05) is 19.1 Å². The minimum atomic E-state index is -0.524. The number of aromatic hydroxyl groups is 1. The van der Waals surface area contributed by atoms with Crippen LogP contribution in [0.25, 0.3) is 0 Å². The Morgan fingerprint density at radius 3 is 3.00 bits per heavy atom. The van der Waals surface area contributed by atoms with Crippen molar-refractivity contribution in [3.05, 3.63) is 29.6 Å². The molecule has 4 nitrogen and oxygen atoms in total. The van der Waals surface area contributed by atoms with Crippen LogP contribution in [0.3, 0.4) is 0 Å². The first-order valence-electron chi connectivity index (χ1n) is 5.56. The fourth-order valence-electron chi connectivity index (χ4n) is 2.03. The number of halogens is 1. The first-order chi connectivity index (χ1) is 8.06. The summed E-state index contributed by atoms with van der Waals surface area (Å²) in [4.78, 5) is 13.8. The van der Waals surface area contributed by atoms with E-state index in [-0.39, 0.29) is 29.7 Å². The van der Waals surface area contributed by atoms with Crippen LogP contribution in [-0.2, 0) is 0 Å². The Morgan fingerprint density at radius 2 is 2.35 bits per heavy atom. The molecule has 1 heterocycles. The molecule has 1 saturated heterocycles. The van der Waals surface area contributed by atoms with Crippen molar-refractivity contribution in [3.63, 3.8) is 0 Å². The van der Waals surface area contributed by atoms with Crippen LogP contribution in [-0.4, -0.2) is 41.5 Å². The number of likely N-dealkylation sites (tertiary alicyclic amines) is 1. The number of hydrogen-bond acceptors (Lipinski definition) is 4. The van der Waals surface area contributed by atoms with Gasteiger partial charge in [0.1, 0.15) is 11.6 Å². The van der Waals surface area contributed by atoms with E-state index in [0.717, 1.165) is 25.1 Å². The van der Waals surface area contributed by atoms with E-state index in [4.69, 9.17) is 5.73 Å². The zero-order chi connectivity index (χ0) is 12.4. The maximum atomic E-state index is 13.0. The molecular weight excluding hydrogens is 223 g/mol. The average molecular weight is 238 g/mol. The van der Waals surface area contributed by atoms with E-state index in [1.807, 2.05) is 4.90 Å². The fourth-order valence-corrected chi connectivity index (χ4v) is 2.03. The summed E-state index contributed by atoms with van der Waals surface area (Å²) in [6.07, 6.45) is 0.864. The molecule has 0 aromatic heterocycles. The summed E-state index contributed by atoms with van der Waals surface area (Å²) in [5.41, 5.74) is 5.76. The summed E-state index contributed by atoms with van der Waals surface area (Å²) in [7, 11) is 0. The molecule has 0 radical (unpaired) electrons. The van der Waals surface area contributed by atoms with Crippen molar-refractivity contribution in [2.75, 3.05) is 19.6 Å². The highest BCUT2D eigenvalue weighted by molar-refractivity contribution is 6.00. The topological polar surface area (TPSA) is 66.6 Å². The Morgan fingerprint density at radius 1 is 1.59 bits per heavy atom. The monoisotopic (exact) mass is 238 g/mol. The van der Waals surface area contributed by atoms with Crippen molar-refractivity contribution < 1.29 is 14.3 Å². The molecule has 1 unspecified atom stereocenters. The molecule has 0 saturated carbocycles. The van der Waals surface area contributed by atoms with E-state index in [1.165, 1.54) is 6.07 Å². The fraction of sp³-hybridized carbons (Fsp3) is 0.417. The van der Waals surface area contributed by atoms with Crippen LogP contribution in [0, 0.1) is 5.82 Å². The molecule has 3 N–H and O–H groups in total. The van der Waals surface area contributed by atoms with Crippen molar-refractivity contribution in [2.24, 2.45) is 5.73 Å². The number of benzene rings is 1. The van der Waals surface area contributed by atoms with Gasteiger partial charge in [0.2, 0.25) is 0 Å². The summed E-state index contributed by atoms with van der Waals surface area (Å²) in [6.45, 7) is 1.61. The SMILES string of the molecule is NC1CCN(CC(=O)c2cc(F)ccc2O)C1. The highest BCUT2D eigenvalue weighted by Gasteiger charge is 2.22. The molecule has 0 bridgehead atoms. The molecular formula is C12H15FN2O2. The maximum Gasteiger partial charge on any atom is 0.180 e. The second kappa shape index (κ2) is 4.81. The largest absolute Gasteiger partial charge is 0.507 e. The Hall–Kier alpha value is -1.46. The van der Waals surface area contributed by atoms with Gasteiger partial charge in [-0.15, -0.1) is 0 Å². The van der Waals surface area contributed by atoms with Crippen LogP contribution in [0.15, 0.2) is 18.2 Å². The van der Waals surface area contributed by atoms with Gasteiger partial charge in [-0.1, -0.05) is 0 Å².